The van der Waals surface area contributed by atoms with E-state index in [4.69, 9.17) is 4.74 Å². The number of rotatable bonds is 6. The summed E-state index contributed by atoms with van der Waals surface area (Å²) < 4.78 is 8.76. The summed E-state index contributed by atoms with van der Waals surface area (Å²) in [5.74, 6) is 0.922. The normalized spacial score (nSPS) is 12.7. The Morgan fingerprint density at radius 2 is 1.88 bits per heavy atom. The summed E-state index contributed by atoms with van der Waals surface area (Å²) in [4.78, 5) is 2.19. The van der Waals surface area contributed by atoms with Gasteiger partial charge in [0.25, 0.3) is 0 Å². The van der Waals surface area contributed by atoms with Crippen LogP contribution in [-0.4, -0.2) is 25.5 Å². The van der Waals surface area contributed by atoms with E-state index in [2.05, 4.69) is 105 Å². The van der Waals surface area contributed by atoms with Crippen LogP contribution in [0.3, 0.4) is 0 Å². The highest BCUT2D eigenvalue weighted by atomic mass is 127. The quantitative estimate of drug-likeness (QED) is 0.355. The van der Waals surface area contributed by atoms with Crippen molar-refractivity contribution >= 4 is 60.6 Å². The van der Waals surface area contributed by atoms with Gasteiger partial charge in [0.05, 0.1) is 0 Å². The third-order valence-corrected chi connectivity index (χ3v) is 6.30. The predicted molar refractivity (Wildman–Crippen MR) is 115 cm³/mol. The molecule has 0 saturated carbocycles. The number of thiophene rings is 1. The molecule has 126 valence electrons. The van der Waals surface area contributed by atoms with E-state index in [9.17, 15) is 0 Å². The molecule has 5 heteroatoms. The Kier molecular flexibility index (Phi) is 6.18. The zero-order valence-corrected chi connectivity index (χ0v) is 18.2. The molecule has 0 amide bonds. The van der Waals surface area contributed by atoms with Gasteiger partial charge in [0.15, 0.2) is 0 Å². The summed E-state index contributed by atoms with van der Waals surface area (Å²) in [7, 11) is 4.19. The fraction of sp³-hybridized carbons (Fsp3) is 0.263. The summed E-state index contributed by atoms with van der Waals surface area (Å²) in [6.07, 6.45) is 1.00. The molecule has 24 heavy (non-hydrogen) atoms. The second kappa shape index (κ2) is 8.17. The number of nitrogens with zero attached hydrogens (tertiary/aromatic N) is 1. The first kappa shape index (κ1) is 18.2. The zero-order valence-electron chi connectivity index (χ0n) is 13.6. The summed E-state index contributed by atoms with van der Waals surface area (Å²) >= 11 is 7.70. The van der Waals surface area contributed by atoms with E-state index in [0.29, 0.717) is 0 Å². The fourth-order valence-corrected chi connectivity index (χ4v) is 4.72. The molecular formula is C19H19BrINOS. The largest absolute Gasteiger partial charge is 0.486 e. The lowest BCUT2D eigenvalue weighted by Crippen LogP contribution is -2.18. The molecule has 2 aromatic carbocycles. The molecule has 0 N–H and O–H groups in total. The second-order valence-electron chi connectivity index (χ2n) is 6.03. The minimum Gasteiger partial charge on any atom is -0.486 e. The van der Waals surface area contributed by atoms with E-state index in [1.807, 2.05) is 0 Å². The van der Waals surface area contributed by atoms with Crippen LogP contribution in [0.4, 0.5) is 0 Å². The Morgan fingerprint density at radius 3 is 2.58 bits per heavy atom. The highest BCUT2D eigenvalue weighted by Crippen LogP contribution is 2.34. The van der Waals surface area contributed by atoms with Crippen molar-refractivity contribution in [2.75, 3.05) is 20.6 Å². The first-order valence-electron chi connectivity index (χ1n) is 7.75. The van der Waals surface area contributed by atoms with E-state index >= 15 is 0 Å². The van der Waals surface area contributed by atoms with Gasteiger partial charge in [0, 0.05) is 32.0 Å². The molecule has 3 rings (SSSR count). The number of benzene rings is 2. The molecule has 0 radical (unpaired) electrons. The standard InChI is InChI=1S/C19H19BrINOS/c1-22(2)8-7-19(17-11-24-12-18(17)20)23-16-6-4-13-9-15(21)5-3-14(13)10-16/h3-6,9-12,19H,7-8H2,1-2H3. The van der Waals surface area contributed by atoms with Crippen LogP contribution in [0, 0.1) is 3.57 Å². The van der Waals surface area contributed by atoms with Crippen molar-refractivity contribution in [3.05, 3.63) is 60.8 Å². The van der Waals surface area contributed by atoms with Gasteiger partial charge >= 0.3 is 0 Å². The summed E-state index contributed by atoms with van der Waals surface area (Å²) in [5, 5.41) is 6.75. The Morgan fingerprint density at radius 1 is 1.12 bits per heavy atom. The first-order valence-corrected chi connectivity index (χ1v) is 10.6. The van der Waals surface area contributed by atoms with Crippen molar-refractivity contribution in [3.8, 4) is 5.75 Å². The number of hydrogen-bond acceptors (Lipinski definition) is 3. The fourth-order valence-electron chi connectivity index (χ4n) is 2.61. The van der Waals surface area contributed by atoms with E-state index in [-0.39, 0.29) is 6.10 Å². The lowest BCUT2D eigenvalue weighted by Gasteiger charge is -2.21. The monoisotopic (exact) mass is 515 g/mol. The number of ether oxygens (including phenoxy) is 1. The van der Waals surface area contributed by atoms with Gasteiger partial charge in [-0.1, -0.05) is 12.1 Å². The van der Waals surface area contributed by atoms with Crippen LogP contribution in [0.2, 0.25) is 0 Å². The van der Waals surface area contributed by atoms with Crippen LogP contribution in [-0.2, 0) is 0 Å². The zero-order chi connectivity index (χ0) is 17.1. The van der Waals surface area contributed by atoms with Crippen LogP contribution >= 0.6 is 49.9 Å². The van der Waals surface area contributed by atoms with E-state index in [1.165, 1.54) is 19.9 Å². The molecule has 2 nitrogen and oxygen atoms in total. The molecule has 1 aromatic heterocycles. The second-order valence-corrected chi connectivity index (χ2v) is 8.87. The molecule has 3 aromatic rings. The van der Waals surface area contributed by atoms with Gasteiger partial charge in [-0.3, -0.25) is 0 Å². The maximum absolute atomic E-state index is 6.38. The van der Waals surface area contributed by atoms with Crippen LogP contribution in [0.1, 0.15) is 18.1 Å². The molecule has 0 bridgehead atoms. The topological polar surface area (TPSA) is 12.5 Å². The first-order chi connectivity index (χ1) is 11.5. The van der Waals surface area contributed by atoms with E-state index in [1.54, 1.807) is 11.3 Å². The van der Waals surface area contributed by atoms with Gasteiger partial charge in [0.1, 0.15) is 11.9 Å². The smallest absolute Gasteiger partial charge is 0.127 e. The van der Waals surface area contributed by atoms with Crippen molar-refractivity contribution in [1.29, 1.82) is 0 Å². The average Bonchev–Trinajstić information content (AvgIpc) is 2.97. The van der Waals surface area contributed by atoms with Gasteiger partial charge in [-0.15, -0.1) is 0 Å². The highest BCUT2D eigenvalue weighted by molar-refractivity contribution is 14.1. The van der Waals surface area contributed by atoms with E-state index < -0.39 is 0 Å². The molecule has 1 atom stereocenters. The molecule has 0 aliphatic rings. The Bertz CT molecular complexity index is 833. The maximum Gasteiger partial charge on any atom is 0.127 e. The van der Waals surface area contributed by atoms with E-state index in [0.717, 1.165) is 23.2 Å². The van der Waals surface area contributed by atoms with Gasteiger partial charge < -0.3 is 9.64 Å². The Balaban J connectivity index is 1.86. The van der Waals surface area contributed by atoms with Crippen LogP contribution in [0.15, 0.2) is 51.6 Å². The van der Waals surface area contributed by atoms with Crippen molar-refractivity contribution < 1.29 is 4.74 Å². The molecule has 0 fully saturated rings. The van der Waals surface area contributed by atoms with Crippen molar-refractivity contribution in [3.63, 3.8) is 0 Å². The van der Waals surface area contributed by atoms with Crippen LogP contribution in [0.5, 0.6) is 5.75 Å². The van der Waals surface area contributed by atoms with Gasteiger partial charge in [-0.25, -0.2) is 0 Å². The maximum atomic E-state index is 6.38. The SMILES string of the molecule is CN(C)CCC(Oc1ccc2cc(I)ccc2c1)c1cscc1Br. The number of fused-ring (bicyclic) bond motifs is 1. The predicted octanol–water partition coefficient (Wildman–Crippen LogP) is 6.34. The van der Waals surface area contributed by atoms with Crippen LogP contribution < -0.4 is 4.74 Å². The third-order valence-electron chi connectivity index (χ3n) is 3.88. The molecular weight excluding hydrogens is 497 g/mol. The lowest BCUT2D eigenvalue weighted by molar-refractivity contribution is 0.179. The highest BCUT2D eigenvalue weighted by Gasteiger charge is 2.18. The van der Waals surface area contributed by atoms with Gasteiger partial charge in [-0.2, -0.15) is 11.3 Å². The summed E-state index contributed by atoms with van der Waals surface area (Å²) in [5.41, 5.74) is 1.23. The molecule has 1 heterocycles. The Hall–Kier alpha value is -0.630. The van der Waals surface area contributed by atoms with Crippen molar-refractivity contribution in [2.45, 2.75) is 12.5 Å². The van der Waals surface area contributed by atoms with Gasteiger partial charge in [0.2, 0.25) is 0 Å². The lowest BCUT2D eigenvalue weighted by atomic mass is 10.1. The Labute approximate surface area is 169 Å². The summed E-state index contributed by atoms with van der Waals surface area (Å²) in [6, 6.07) is 12.8. The number of hydrogen-bond donors (Lipinski definition) is 0. The third kappa shape index (κ3) is 4.50. The van der Waals surface area contributed by atoms with Crippen LogP contribution in [0.25, 0.3) is 10.8 Å². The minimum atomic E-state index is 0.0503. The van der Waals surface area contributed by atoms with Crippen molar-refractivity contribution in [1.82, 2.24) is 4.90 Å². The average molecular weight is 516 g/mol. The number of halogens is 2. The molecule has 0 aliphatic carbocycles. The molecule has 1 unspecified atom stereocenters. The van der Waals surface area contributed by atoms with Crippen molar-refractivity contribution in [2.24, 2.45) is 0 Å². The molecule has 0 saturated heterocycles. The summed E-state index contributed by atoms with van der Waals surface area (Å²) in [6.45, 7) is 0.985. The molecule has 0 spiro atoms. The van der Waals surface area contributed by atoms with Gasteiger partial charge in [-0.05, 0) is 93.0 Å². The molecule has 0 aliphatic heterocycles. The minimum absolute atomic E-state index is 0.0503.